The zero-order valence-electron chi connectivity index (χ0n) is 10.3. The summed E-state index contributed by atoms with van der Waals surface area (Å²) in [5, 5.41) is 12.0. The van der Waals surface area contributed by atoms with Crippen LogP contribution in [0.25, 0.3) is 0 Å². The SMILES string of the molecule is CC(C)[C@@H](NC(=O)Cc1cccc(Cl)c1)C(=O)O. The first kappa shape index (κ1) is 14.5. The Hall–Kier alpha value is -1.55. The molecule has 0 aliphatic heterocycles. The van der Waals surface area contributed by atoms with Crippen LogP contribution in [0.15, 0.2) is 24.3 Å². The number of carboxylic acids is 1. The van der Waals surface area contributed by atoms with Gasteiger partial charge in [-0.1, -0.05) is 37.6 Å². The molecule has 4 nitrogen and oxygen atoms in total. The summed E-state index contributed by atoms with van der Waals surface area (Å²) in [5.74, 6) is -1.51. The molecule has 0 spiro atoms. The Morgan fingerprint density at radius 3 is 2.56 bits per heavy atom. The van der Waals surface area contributed by atoms with Gasteiger partial charge in [-0.15, -0.1) is 0 Å². The van der Waals surface area contributed by atoms with Crippen LogP contribution in [0.5, 0.6) is 0 Å². The van der Waals surface area contributed by atoms with Gasteiger partial charge in [0.2, 0.25) is 5.91 Å². The molecule has 0 unspecified atom stereocenters. The van der Waals surface area contributed by atoms with Gasteiger partial charge in [-0.25, -0.2) is 4.79 Å². The van der Waals surface area contributed by atoms with Crippen molar-refractivity contribution in [3.63, 3.8) is 0 Å². The number of aliphatic carboxylic acids is 1. The fourth-order valence-electron chi connectivity index (χ4n) is 1.57. The van der Waals surface area contributed by atoms with Crippen molar-refractivity contribution in [2.45, 2.75) is 26.3 Å². The number of amides is 1. The van der Waals surface area contributed by atoms with E-state index in [1.807, 2.05) is 0 Å². The van der Waals surface area contributed by atoms with Gasteiger partial charge in [-0.05, 0) is 23.6 Å². The molecule has 1 aromatic carbocycles. The Morgan fingerprint density at radius 1 is 1.39 bits per heavy atom. The monoisotopic (exact) mass is 269 g/mol. The van der Waals surface area contributed by atoms with Crippen LogP contribution < -0.4 is 5.32 Å². The molecule has 0 radical (unpaired) electrons. The molecule has 1 atom stereocenters. The van der Waals surface area contributed by atoms with Gasteiger partial charge in [0.1, 0.15) is 6.04 Å². The second kappa shape index (κ2) is 6.40. The van der Waals surface area contributed by atoms with Gasteiger partial charge in [-0.3, -0.25) is 4.79 Å². The van der Waals surface area contributed by atoms with Gasteiger partial charge in [0.15, 0.2) is 0 Å². The first-order valence-corrected chi connectivity index (χ1v) is 6.04. The largest absolute Gasteiger partial charge is 0.480 e. The van der Waals surface area contributed by atoms with Crippen molar-refractivity contribution < 1.29 is 14.7 Å². The predicted molar refractivity (Wildman–Crippen MR) is 69.6 cm³/mol. The number of hydrogen-bond acceptors (Lipinski definition) is 2. The molecule has 1 amide bonds. The van der Waals surface area contributed by atoms with E-state index in [0.29, 0.717) is 5.02 Å². The normalized spacial score (nSPS) is 12.2. The second-order valence-corrected chi connectivity index (χ2v) is 4.87. The quantitative estimate of drug-likeness (QED) is 0.860. The van der Waals surface area contributed by atoms with E-state index < -0.39 is 12.0 Å². The van der Waals surface area contributed by atoms with E-state index in [2.05, 4.69) is 5.32 Å². The van der Waals surface area contributed by atoms with Crippen LogP contribution in [0.1, 0.15) is 19.4 Å². The minimum Gasteiger partial charge on any atom is -0.480 e. The fraction of sp³-hybridized carbons (Fsp3) is 0.385. The lowest BCUT2D eigenvalue weighted by Gasteiger charge is -2.17. The molecule has 98 valence electrons. The summed E-state index contributed by atoms with van der Waals surface area (Å²) in [4.78, 5) is 22.7. The molecule has 18 heavy (non-hydrogen) atoms. The molecule has 1 rings (SSSR count). The van der Waals surface area contributed by atoms with Crippen LogP contribution in [0.4, 0.5) is 0 Å². The smallest absolute Gasteiger partial charge is 0.326 e. The number of rotatable bonds is 5. The standard InChI is InChI=1S/C13H16ClNO3/c1-8(2)12(13(17)18)15-11(16)7-9-4-3-5-10(14)6-9/h3-6,8,12H,7H2,1-2H3,(H,15,16)(H,17,18)/t12-/m1/s1. The summed E-state index contributed by atoms with van der Waals surface area (Å²) in [7, 11) is 0. The topological polar surface area (TPSA) is 66.4 Å². The van der Waals surface area contributed by atoms with E-state index >= 15 is 0 Å². The van der Waals surface area contributed by atoms with E-state index in [-0.39, 0.29) is 18.2 Å². The van der Waals surface area contributed by atoms with Gasteiger partial charge in [-0.2, -0.15) is 0 Å². The molecule has 1 aromatic rings. The average Bonchev–Trinajstić information content (AvgIpc) is 2.25. The summed E-state index contributed by atoms with van der Waals surface area (Å²) in [6, 6.07) is 6.07. The Balaban J connectivity index is 2.63. The van der Waals surface area contributed by atoms with Crippen LogP contribution >= 0.6 is 11.6 Å². The van der Waals surface area contributed by atoms with Crippen molar-refractivity contribution in [3.8, 4) is 0 Å². The maximum Gasteiger partial charge on any atom is 0.326 e. The van der Waals surface area contributed by atoms with Gasteiger partial charge < -0.3 is 10.4 Å². The maximum absolute atomic E-state index is 11.7. The Kier molecular flexibility index (Phi) is 5.16. The third-order valence-electron chi connectivity index (χ3n) is 2.50. The van der Waals surface area contributed by atoms with Crippen molar-refractivity contribution in [2.75, 3.05) is 0 Å². The number of benzene rings is 1. The second-order valence-electron chi connectivity index (χ2n) is 4.43. The predicted octanol–water partition coefficient (Wildman–Crippen LogP) is 2.11. The summed E-state index contributed by atoms with van der Waals surface area (Å²) < 4.78 is 0. The molecule has 0 saturated carbocycles. The summed E-state index contributed by atoms with van der Waals surface area (Å²) in [6.07, 6.45) is 0.122. The van der Waals surface area contributed by atoms with Crippen LogP contribution in [-0.4, -0.2) is 23.0 Å². The maximum atomic E-state index is 11.7. The molecule has 0 fully saturated rings. The molecule has 0 aromatic heterocycles. The van der Waals surface area contributed by atoms with Gasteiger partial charge in [0, 0.05) is 5.02 Å². The zero-order chi connectivity index (χ0) is 13.7. The molecule has 0 heterocycles. The lowest BCUT2D eigenvalue weighted by atomic mass is 10.0. The van der Waals surface area contributed by atoms with Crippen LogP contribution in [0.3, 0.4) is 0 Å². The van der Waals surface area contributed by atoms with Gasteiger partial charge >= 0.3 is 5.97 Å². The van der Waals surface area contributed by atoms with Crippen molar-refractivity contribution in [1.82, 2.24) is 5.32 Å². The minimum absolute atomic E-state index is 0.122. The first-order valence-electron chi connectivity index (χ1n) is 5.66. The Bertz CT molecular complexity index is 446. The van der Waals surface area contributed by atoms with E-state index in [0.717, 1.165) is 5.56 Å². The number of halogens is 1. The Morgan fingerprint density at radius 2 is 2.06 bits per heavy atom. The minimum atomic E-state index is -1.02. The summed E-state index contributed by atoms with van der Waals surface area (Å²) in [6.45, 7) is 3.50. The molecule has 0 aliphatic carbocycles. The molecular weight excluding hydrogens is 254 g/mol. The Labute approximate surface area is 111 Å². The highest BCUT2D eigenvalue weighted by atomic mass is 35.5. The van der Waals surface area contributed by atoms with E-state index in [1.54, 1.807) is 38.1 Å². The lowest BCUT2D eigenvalue weighted by Crippen LogP contribution is -2.44. The van der Waals surface area contributed by atoms with Gasteiger partial charge in [0.25, 0.3) is 0 Å². The van der Waals surface area contributed by atoms with Crippen LogP contribution in [0, 0.1) is 5.92 Å². The third-order valence-corrected chi connectivity index (χ3v) is 2.74. The summed E-state index contributed by atoms with van der Waals surface area (Å²) >= 11 is 5.81. The number of nitrogens with one attached hydrogen (secondary N) is 1. The van der Waals surface area contributed by atoms with E-state index in [9.17, 15) is 9.59 Å². The number of carboxylic acid groups (broad SMARTS) is 1. The molecule has 5 heteroatoms. The van der Waals surface area contributed by atoms with Crippen molar-refractivity contribution >= 4 is 23.5 Å². The fourth-order valence-corrected chi connectivity index (χ4v) is 1.78. The van der Waals surface area contributed by atoms with Crippen molar-refractivity contribution in [3.05, 3.63) is 34.9 Å². The molecule has 0 saturated heterocycles. The molecular formula is C13H16ClNO3. The molecule has 0 bridgehead atoms. The third kappa shape index (κ3) is 4.37. The zero-order valence-corrected chi connectivity index (χ0v) is 11.1. The van der Waals surface area contributed by atoms with E-state index in [1.165, 1.54) is 0 Å². The van der Waals surface area contributed by atoms with E-state index in [4.69, 9.17) is 16.7 Å². The van der Waals surface area contributed by atoms with Crippen molar-refractivity contribution in [1.29, 1.82) is 0 Å². The van der Waals surface area contributed by atoms with Gasteiger partial charge in [0.05, 0.1) is 6.42 Å². The van der Waals surface area contributed by atoms with Crippen LogP contribution in [0.2, 0.25) is 5.02 Å². The van der Waals surface area contributed by atoms with Crippen molar-refractivity contribution in [2.24, 2.45) is 5.92 Å². The number of carbonyl (C=O) groups excluding carboxylic acids is 1. The first-order chi connectivity index (χ1) is 8.40. The molecule has 2 N–H and O–H groups in total. The molecule has 0 aliphatic rings. The summed E-state index contributed by atoms with van der Waals surface area (Å²) in [5.41, 5.74) is 0.757. The van der Waals surface area contributed by atoms with Crippen LogP contribution in [-0.2, 0) is 16.0 Å². The highest BCUT2D eigenvalue weighted by Crippen LogP contribution is 2.11. The number of hydrogen-bond donors (Lipinski definition) is 2. The highest BCUT2D eigenvalue weighted by molar-refractivity contribution is 6.30. The number of carbonyl (C=O) groups is 2. The highest BCUT2D eigenvalue weighted by Gasteiger charge is 2.23. The lowest BCUT2D eigenvalue weighted by molar-refractivity contribution is -0.143. The average molecular weight is 270 g/mol.